The van der Waals surface area contributed by atoms with E-state index in [9.17, 15) is 9.90 Å². The van der Waals surface area contributed by atoms with Crippen LogP contribution in [0.2, 0.25) is 0 Å². The number of aromatic nitrogens is 4. The zero-order chi connectivity index (χ0) is 24.4. The van der Waals surface area contributed by atoms with Gasteiger partial charge in [-0.2, -0.15) is 0 Å². The topological polar surface area (TPSA) is 134 Å². The highest BCUT2D eigenvalue weighted by atomic mass is 16.5. The summed E-state index contributed by atoms with van der Waals surface area (Å²) in [7, 11) is 0. The number of amides is 1. The Bertz CT molecular complexity index is 1190. The summed E-state index contributed by atoms with van der Waals surface area (Å²) >= 11 is 0. The summed E-state index contributed by atoms with van der Waals surface area (Å²) in [6.45, 7) is 7.59. The maximum atomic E-state index is 12.1. The molecule has 2 aromatic heterocycles. The smallest absolute Gasteiger partial charge is 0.251 e. The van der Waals surface area contributed by atoms with E-state index in [1.165, 1.54) is 6.92 Å². The lowest BCUT2D eigenvalue weighted by Gasteiger charge is -2.35. The number of aliphatic hydroxyl groups is 1. The van der Waals surface area contributed by atoms with Gasteiger partial charge in [0.2, 0.25) is 11.9 Å². The number of nitrogens with two attached hydrogens (primary N) is 1. The minimum atomic E-state index is -0.967. The molecule has 2 saturated heterocycles. The van der Waals surface area contributed by atoms with Gasteiger partial charge in [0.1, 0.15) is 6.10 Å². The van der Waals surface area contributed by atoms with Gasteiger partial charge in [-0.15, -0.1) is 0 Å². The van der Waals surface area contributed by atoms with Crippen LogP contribution in [0.3, 0.4) is 0 Å². The van der Waals surface area contributed by atoms with E-state index in [0.29, 0.717) is 38.8 Å². The van der Waals surface area contributed by atoms with E-state index in [0.717, 1.165) is 53.9 Å². The number of nitrogen functional groups attached to an aromatic ring is 1. The highest BCUT2D eigenvalue weighted by molar-refractivity contribution is 5.94. The highest BCUT2D eigenvalue weighted by Crippen LogP contribution is 2.30. The number of carbonyl (C=O) groups is 1. The highest BCUT2D eigenvalue weighted by Gasteiger charge is 2.25. The fraction of sp³-hybridized carbons (Fsp3) is 0.458. The van der Waals surface area contributed by atoms with Crippen molar-refractivity contribution in [3.8, 4) is 11.3 Å². The molecule has 1 amide bonds. The summed E-state index contributed by atoms with van der Waals surface area (Å²) in [5, 5.41) is 10.5. The molecule has 5 rings (SSSR count). The number of para-hydroxylation sites is 1. The Hall–Kier alpha value is -3.41. The summed E-state index contributed by atoms with van der Waals surface area (Å²) in [4.78, 5) is 36.6. The number of aliphatic hydroxyl groups excluding tert-OH is 1. The van der Waals surface area contributed by atoms with Crippen LogP contribution in [0.1, 0.15) is 12.5 Å². The second-order valence-corrected chi connectivity index (χ2v) is 8.89. The van der Waals surface area contributed by atoms with Crippen molar-refractivity contribution in [2.45, 2.75) is 19.6 Å². The second-order valence-electron chi connectivity index (χ2n) is 8.89. The summed E-state index contributed by atoms with van der Waals surface area (Å²) < 4.78 is 5.52. The van der Waals surface area contributed by atoms with Gasteiger partial charge in [-0.05, 0) is 12.5 Å². The van der Waals surface area contributed by atoms with Crippen LogP contribution < -0.4 is 10.6 Å². The quantitative estimate of drug-likeness (QED) is 0.535. The summed E-state index contributed by atoms with van der Waals surface area (Å²) in [6, 6.07) is 6.13. The van der Waals surface area contributed by atoms with E-state index in [4.69, 9.17) is 20.4 Å². The first-order valence-corrected chi connectivity index (χ1v) is 11.9. The van der Waals surface area contributed by atoms with Crippen LogP contribution in [0.4, 0.5) is 11.9 Å². The molecular formula is C24H30N8O3. The van der Waals surface area contributed by atoms with E-state index in [2.05, 4.69) is 25.8 Å². The number of benzene rings is 1. The molecule has 3 N–H and O–H groups in total. The van der Waals surface area contributed by atoms with Crippen molar-refractivity contribution in [1.29, 1.82) is 0 Å². The molecule has 11 nitrogen and oxygen atoms in total. The molecule has 3 aromatic rings. The molecule has 184 valence electrons. The van der Waals surface area contributed by atoms with Gasteiger partial charge in [-0.1, -0.05) is 18.2 Å². The zero-order valence-electron chi connectivity index (χ0n) is 19.8. The monoisotopic (exact) mass is 478 g/mol. The van der Waals surface area contributed by atoms with Gasteiger partial charge in [-0.25, -0.2) is 19.9 Å². The SMILES string of the molecule is C[C@@H](O)C(=O)N1CCN(Cc2cccc3c(-c4cnc(N)nc4)nc(N4CCOCC4)nc23)CC1. The summed E-state index contributed by atoms with van der Waals surface area (Å²) in [5.41, 5.74) is 9.24. The van der Waals surface area contributed by atoms with E-state index in [-0.39, 0.29) is 11.9 Å². The van der Waals surface area contributed by atoms with E-state index < -0.39 is 6.10 Å². The minimum absolute atomic E-state index is 0.215. The number of anilines is 2. The van der Waals surface area contributed by atoms with Crippen LogP contribution in [0.25, 0.3) is 22.2 Å². The maximum absolute atomic E-state index is 12.1. The maximum Gasteiger partial charge on any atom is 0.251 e. The zero-order valence-corrected chi connectivity index (χ0v) is 19.8. The molecule has 35 heavy (non-hydrogen) atoms. The van der Waals surface area contributed by atoms with Gasteiger partial charge >= 0.3 is 0 Å². The number of fused-ring (bicyclic) bond motifs is 1. The Morgan fingerprint density at radius 1 is 1.09 bits per heavy atom. The molecule has 0 bridgehead atoms. The first-order valence-electron chi connectivity index (χ1n) is 11.9. The van der Waals surface area contributed by atoms with Crippen LogP contribution >= 0.6 is 0 Å². The van der Waals surface area contributed by atoms with Crippen molar-refractivity contribution in [3.63, 3.8) is 0 Å². The van der Waals surface area contributed by atoms with Crippen LogP contribution in [0.15, 0.2) is 30.6 Å². The van der Waals surface area contributed by atoms with Crippen molar-refractivity contribution in [3.05, 3.63) is 36.2 Å². The Kier molecular flexibility index (Phi) is 6.71. The Morgan fingerprint density at radius 2 is 1.80 bits per heavy atom. The number of carbonyl (C=O) groups excluding carboxylic acids is 1. The molecule has 0 radical (unpaired) electrons. The lowest BCUT2D eigenvalue weighted by atomic mass is 10.0. The number of piperazine rings is 1. The standard InChI is InChI=1S/C24H30N8O3/c1-16(33)22(34)31-7-5-30(6-8-31)15-17-3-2-4-19-20(17)28-24(32-9-11-35-12-10-32)29-21(19)18-13-26-23(25)27-14-18/h2-4,13-14,16,33H,5-12,15H2,1H3,(H2,25,26,27)/t16-/m1/s1. The van der Waals surface area contributed by atoms with Crippen LogP contribution in [-0.4, -0.2) is 99.3 Å². The average Bonchev–Trinajstić information content (AvgIpc) is 2.89. The summed E-state index contributed by atoms with van der Waals surface area (Å²) in [5.74, 6) is 0.662. The first-order chi connectivity index (χ1) is 17.0. The molecule has 2 aliphatic rings. The van der Waals surface area contributed by atoms with E-state index in [1.54, 1.807) is 17.3 Å². The van der Waals surface area contributed by atoms with Crippen molar-refractivity contribution in [1.82, 2.24) is 29.7 Å². The molecule has 2 fully saturated rings. The Labute approximate surface area is 203 Å². The molecule has 1 atom stereocenters. The largest absolute Gasteiger partial charge is 0.384 e. The number of rotatable bonds is 5. The van der Waals surface area contributed by atoms with Gasteiger partial charge in [0.25, 0.3) is 5.91 Å². The van der Waals surface area contributed by atoms with Crippen molar-refractivity contribution in [2.75, 3.05) is 63.1 Å². The number of nitrogens with zero attached hydrogens (tertiary/aromatic N) is 7. The lowest BCUT2D eigenvalue weighted by Crippen LogP contribution is -2.50. The van der Waals surface area contributed by atoms with Crippen LogP contribution in [0, 0.1) is 0 Å². The van der Waals surface area contributed by atoms with Gasteiger partial charge < -0.3 is 25.4 Å². The molecule has 0 unspecified atom stereocenters. The predicted octanol–water partition coefficient (Wildman–Crippen LogP) is 0.531. The van der Waals surface area contributed by atoms with Crippen molar-refractivity contribution >= 4 is 28.7 Å². The predicted molar refractivity (Wildman–Crippen MR) is 132 cm³/mol. The van der Waals surface area contributed by atoms with Gasteiger partial charge in [-0.3, -0.25) is 9.69 Å². The van der Waals surface area contributed by atoms with Gasteiger partial charge in [0.15, 0.2) is 0 Å². The Morgan fingerprint density at radius 3 is 2.49 bits per heavy atom. The van der Waals surface area contributed by atoms with Gasteiger partial charge in [0.05, 0.1) is 24.4 Å². The number of hydrogen-bond acceptors (Lipinski definition) is 10. The number of morpholine rings is 1. The lowest BCUT2D eigenvalue weighted by molar-refractivity contribution is -0.141. The normalized spacial score (nSPS) is 18.1. The molecule has 4 heterocycles. The van der Waals surface area contributed by atoms with E-state index in [1.807, 2.05) is 12.1 Å². The molecule has 2 aliphatic heterocycles. The van der Waals surface area contributed by atoms with Crippen LogP contribution in [0.5, 0.6) is 0 Å². The Balaban J connectivity index is 1.48. The number of hydrogen-bond donors (Lipinski definition) is 2. The first kappa shape index (κ1) is 23.3. The molecular weight excluding hydrogens is 448 g/mol. The van der Waals surface area contributed by atoms with E-state index >= 15 is 0 Å². The molecule has 0 aliphatic carbocycles. The van der Waals surface area contributed by atoms with Crippen LogP contribution in [-0.2, 0) is 16.1 Å². The van der Waals surface area contributed by atoms with Crippen molar-refractivity contribution in [2.24, 2.45) is 0 Å². The minimum Gasteiger partial charge on any atom is -0.384 e. The average molecular weight is 479 g/mol. The third-order valence-corrected chi connectivity index (χ3v) is 6.47. The molecule has 0 spiro atoms. The second kappa shape index (κ2) is 10.1. The van der Waals surface area contributed by atoms with Gasteiger partial charge in [0, 0.05) is 69.2 Å². The third-order valence-electron chi connectivity index (χ3n) is 6.47. The fourth-order valence-electron chi connectivity index (χ4n) is 4.54. The fourth-order valence-corrected chi connectivity index (χ4v) is 4.54. The molecule has 11 heteroatoms. The summed E-state index contributed by atoms with van der Waals surface area (Å²) in [6.07, 6.45) is 2.42. The third kappa shape index (κ3) is 5.02. The van der Waals surface area contributed by atoms with Crippen molar-refractivity contribution < 1.29 is 14.6 Å². The number of ether oxygens (including phenoxy) is 1. The molecule has 0 saturated carbocycles. The molecule has 1 aromatic carbocycles.